The summed E-state index contributed by atoms with van der Waals surface area (Å²) in [7, 11) is 3.66. The zero-order chi connectivity index (χ0) is 22.8. The number of hydrogen-bond acceptors (Lipinski definition) is 4. The number of alkyl carbamates (subject to hydrolysis) is 1. The molecule has 0 fully saturated rings. The molecular formula is C21H43N5O3. The number of rotatable bonds is 9. The SMILES string of the molecule is CCNC(=O)C(C)(C)CNC(=NC)N(C)CCC(NC(=O)OC(C)(C)C)C(C)C. The van der Waals surface area contributed by atoms with E-state index >= 15 is 0 Å². The van der Waals surface area contributed by atoms with Crippen molar-refractivity contribution in [3.05, 3.63) is 0 Å². The molecule has 2 amide bonds. The van der Waals surface area contributed by atoms with Gasteiger partial charge >= 0.3 is 6.09 Å². The van der Waals surface area contributed by atoms with Crippen LogP contribution in [0.15, 0.2) is 4.99 Å². The number of nitrogens with zero attached hydrogens (tertiary/aromatic N) is 2. The van der Waals surface area contributed by atoms with E-state index in [-0.39, 0.29) is 17.9 Å². The quantitative estimate of drug-likeness (QED) is 0.399. The number of nitrogens with one attached hydrogen (secondary N) is 3. The highest BCUT2D eigenvalue weighted by molar-refractivity contribution is 5.84. The summed E-state index contributed by atoms with van der Waals surface area (Å²) in [4.78, 5) is 30.6. The molecule has 0 heterocycles. The molecule has 0 saturated heterocycles. The van der Waals surface area contributed by atoms with Crippen molar-refractivity contribution < 1.29 is 14.3 Å². The van der Waals surface area contributed by atoms with Crippen molar-refractivity contribution in [3.8, 4) is 0 Å². The predicted octanol–water partition coefficient (Wildman–Crippen LogP) is 2.60. The number of carbonyl (C=O) groups excluding carboxylic acids is 2. The van der Waals surface area contributed by atoms with Crippen molar-refractivity contribution in [1.82, 2.24) is 20.9 Å². The largest absolute Gasteiger partial charge is 0.444 e. The van der Waals surface area contributed by atoms with Crippen molar-refractivity contribution in [2.75, 3.05) is 33.7 Å². The van der Waals surface area contributed by atoms with Crippen LogP contribution in [-0.4, -0.2) is 68.2 Å². The maximum absolute atomic E-state index is 12.2. The van der Waals surface area contributed by atoms with Gasteiger partial charge in [0.25, 0.3) is 0 Å². The predicted molar refractivity (Wildman–Crippen MR) is 119 cm³/mol. The third-order valence-electron chi connectivity index (χ3n) is 4.50. The van der Waals surface area contributed by atoms with Gasteiger partial charge in [0.15, 0.2) is 5.96 Å². The van der Waals surface area contributed by atoms with Crippen LogP contribution in [0.4, 0.5) is 4.79 Å². The summed E-state index contributed by atoms with van der Waals surface area (Å²) >= 11 is 0. The average molecular weight is 414 g/mol. The van der Waals surface area contributed by atoms with Crippen molar-refractivity contribution in [1.29, 1.82) is 0 Å². The first-order valence-electron chi connectivity index (χ1n) is 10.4. The molecule has 170 valence electrons. The second kappa shape index (κ2) is 11.9. The number of carbonyl (C=O) groups is 2. The van der Waals surface area contributed by atoms with Crippen molar-refractivity contribution in [3.63, 3.8) is 0 Å². The van der Waals surface area contributed by atoms with Gasteiger partial charge < -0.3 is 25.6 Å². The molecule has 3 N–H and O–H groups in total. The van der Waals surface area contributed by atoms with Crippen LogP contribution >= 0.6 is 0 Å². The smallest absolute Gasteiger partial charge is 0.407 e. The Bertz CT molecular complexity index is 553. The monoisotopic (exact) mass is 413 g/mol. The molecule has 0 aliphatic heterocycles. The lowest BCUT2D eigenvalue weighted by atomic mass is 9.92. The Morgan fingerprint density at radius 1 is 1.10 bits per heavy atom. The first-order valence-corrected chi connectivity index (χ1v) is 10.4. The maximum atomic E-state index is 12.2. The maximum Gasteiger partial charge on any atom is 0.407 e. The Morgan fingerprint density at radius 2 is 1.69 bits per heavy atom. The summed E-state index contributed by atoms with van der Waals surface area (Å²) in [6, 6.07) is -0.0165. The van der Waals surface area contributed by atoms with E-state index < -0.39 is 17.1 Å². The molecule has 8 heteroatoms. The molecule has 0 aliphatic rings. The Kier molecular flexibility index (Phi) is 11.1. The Balaban J connectivity index is 4.77. The van der Waals surface area contributed by atoms with Gasteiger partial charge in [0.1, 0.15) is 5.60 Å². The molecule has 0 radical (unpaired) electrons. The molecule has 0 bridgehead atoms. The van der Waals surface area contributed by atoms with Crippen LogP contribution in [0.25, 0.3) is 0 Å². The van der Waals surface area contributed by atoms with Crippen LogP contribution in [-0.2, 0) is 9.53 Å². The van der Waals surface area contributed by atoms with Gasteiger partial charge in [0, 0.05) is 39.8 Å². The number of amides is 2. The van der Waals surface area contributed by atoms with E-state index in [9.17, 15) is 9.59 Å². The summed E-state index contributed by atoms with van der Waals surface area (Å²) in [5.41, 5.74) is -1.07. The highest BCUT2D eigenvalue weighted by atomic mass is 16.6. The molecule has 0 rings (SSSR count). The van der Waals surface area contributed by atoms with E-state index in [0.29, 0.717) is 25.6 Å². The Morgan fingerprint density at radius 3 is 2.14 bits per heavy atom. The minimum absolute atomic E-state index is 0.00652. The Labute approximate surface area is 177 Å². The fraction of sp³-hybridized carbons (Fsp3) is 0.857. The van der Waals surface area contributed by atoms with Gasteiger partial charge in [-0.15, -0.1) is 0 Å². The van der Waals surface area contributed by atoms with Gasteiger partial charge in [-0.25, -0.2) is 4.79 Å². The van der Waals surface area contributed by atoms with Crippen LogP contribution in [0, 0.1) is 11.3 Å². The molecule has 8 nitrogen and oxygen atoms in total. The van der Waals surface area contributed by atoms with Crippen LogP contribution in [0.3, 0.4) is 0 Å². The van der Waals surface area contributed by atoms with E-state index in [1.165, 1.54) is 0 Å². The van der Waals surface area contributed by atoms with Crippen molar-refractivity contribution >= 4 is 18.0 Å². The zero-order valence-corrected chi connectivity index (χ0v) is 20.1. The van der Waals surface area contributed by atoms with Crippen LogP contribution in [0.2, 0.25) is 0 Å². The molecule has 0 aromatic heterocycles. The fourth-order valence-corrected chi connectivity index (χ4v) is 2.63. The summed E-state index contributed by atoms with van der Waals surface area (Å²) in [6.45, 7) is 17.2. The molecule has 0 aliphatic carbocycles. The van der Waals surface area contributed by atoms with E-state index in [1.54, 1.807) is 7.05 Å². The zero-order valence-electron chi connectivity index (χ0n) is 20.1. The number of hydrogen-bond donors (Lipinski definition) is 3. The standard InChI is InChI=1S/C21H43N5O3/c1-11-23-17(27)21(7,8)14-24-18(22-9)26(10)13-12-16(15(2)3)25-19(28)29-20(4,5)6/h15-16H,11-14H2,1-10H3,(H,22,24)(H,23,27)(H,25,28). The van der Waals surface area contributed by atoms with Crippen LogP contribution in [0.1, 0.15) is 61.8 Å². The first kappa shape index (κ1) is 27.0. The third-order valence-corrected chi connectivity index (χ3v) is 4.50. The molecule has 0 aromatic carbocycles. The van der Waals surface area contributed by atoms with E-state index in [0.717, 1.165) is 6.42 Å². The Hall–Kier alpha value is -1.99. The van der Waals surface area contributed by atoms with Gasteiger partial charge in [-0.05, 0) is 53.9 Å². The highest BCUT2D eigenvalue weighted by Crippen LogP contribution is 2.14. The fourth-order valence-electron chi connectivity index (χ4n) is 2.63. The highest BCUT2D eigenvalue weighted by Gasteiger charge is 2.28. The molecule has 0 spiro atoms. The summed E-state index contributed by atoms with van der Waals surface area (Å²) < 4.78 is 5.37. The third kappa shape index (κ3) is 10.9. The first-order chi connectivity index (χ1) is 13.2. The topological polar surface area (TPSA) is 95.1 Å². The normalized spacial score (nSPS) is 13.7. The van der Waals surface area contributed by atoms with Crippen molar-refractivity contribution in [2.24, 2.45) is 16.3 Å². The van der Waals surface area contributed by atoms with Gasteiger partial charge in [-0.2, -0.15) is 0 Å². The molecular weight excluding hydrogens is 370 g/mol. The summed E-state index contributed by atoms with van der Waals surface area (Å²) in [5.74, 6) is 0.983. The second-order valence-corrected chi connectivity index (χ2v) is 9.35. The average Bonchev–Trinajstić information content (AvgIpc) is 2.57. The number of guanidine groups is 1. The lowest BCUT2D eigenvalue weighted by Gasteiger charge is -2.30. The minimum atomic E-state index is -0.550. The molecule has 0 saturated carbocycles. The van der Waals surface area contributed by atoms with Crippen molar-refractivity contribution in [2.45, 2.75) is 73.5 Å². The lowest BCUT2D eigenvalue weighted by Crippen LogP contribution is -2.49. The van der Waals surface area contributed by atoms with Gasteiger partial charge in [-0.1, -0.05) is 13.8 Å². The second-order valence-electron chi connectivity index (χ2n) is 9.35. The molecule has 1 atom stereocenters. The van der Waals surface area contributed by atoms with Gasteiger partial charge in [-0.3, -0.25) is 9.79 Å². The molecule has 29 heavy (non-hydrogen) atoms. The molecule has 1 unspecified atom stereocenters. The van der Waals surface area contributed by atoms with Gasteiger partial charge in [0.05, 0.1) is 5.41 Å². The van der Waals surface area contributed by atoms with Gasteiger partial charge in [0.2, 0.25) is 5.91 Å². The summed E-state index contributed by atoms with van der Waals surface area (Å²) in [6.07, 6.45) is 0.346. The van der Waals surface area contributed by atoms with E-state index in [4.69, 9.17) is 4.74 Å². The lowest BCUT2D eigenvalue weighted by molar-refractivity contribution is -0.128. The summed E-state index contributed by atoms with van der Waals surface area (Å²) in [5, 5.41) is 9.11. The number of aliphatic imine (C=N–C) groups is 1. The molecule has 0 aromatic rings. The van der Waals surface area contributed by atoms with E-state index in [2.05, 4.69) is 34.8 Å². The number of ether oxygens (including phenoxy) is 1. The van der Waals surface area contributed by atoms with E-state index in [1.807, 2.05) is 53.5 Å². The van der Waals surface area contributed by atoms with Crippen LogP contribution < -0.4 is 16.0 Å². The van der Waals surface area contributed by atoms with Crippen LogP contribution in [0.5, 0.6) is 0 Å². The minimum Gasteiger partial charge on any atom is -0.444 e.